The van der Waals surface area contributed by atoms with E-state index in [1.54, 1.807) is 5.56 Å². The lowest BCUT2D eigenvalue weighted by molar-refractivity contribution is 0.0587. The van der Waals surface area contributed by atoms with Crippen LogP contribution in [0.5, 0.6) is 0 Å². The van der Waals surface area contributed by atoms with Crippen LogP contribution in [0, 0.1) is 0 Å². The monoisotopic (exact) mass is 285 g/mol. The van der Waals surface area contributed by atoms with Gasteiger partial charge in [0.25, 0.3) is 0 Å². The van der Waals surface area contributed by atoms with Crippen LogP contribution in [0.3, 0.4) is 0 Å². The minimum Gasteiger partial charge on any atom is -0.312 e. The maximum absolute atomic E-state index is 3.45. The Morgan fingerprint density at radius 1 is 1.05 bits per heavy atom. The number of nitrogens with one attached hydrogen (secondary N) is 1. The topological polar surface area (TPSA) is 18.5 Å². The van der Waals surface area contributed by atoms with Crippen molar-refractivity contribution >= 4 is 0 Å². The molecule has 21 heavy (non-hydrogen) atoms. The van der Waals surface area contributed by atoms with E-state index < -0.39 is 0 Å². The summed E-state index contributed by atoms with van der Waals surface area (Å²) in [5, 5.41) is 3.45. The van der Waals surface area contributed by atoms with E-state index in [9.17, 15) is 0 Å². The molecule has 114 valence electrons. The Morgan fingerprint density at radius 2 is 1.90 bits per heavy atom. The summed E-state index contributed by atoms with van der Waals surface area (Å²) in [7, 11) is 0. The Labute approximate surface area is 128 Å². The molecule has 4 rings (SSSR count). The van der Waals surface area contributed by atoms with Gasteiger partial charge < -0.3 is 5.32 Å². The summed E-state index contributed by atoms with van der Waals surface area (Å²) >= 11 is 0. The Kier molecular flexibility index (Phi) is 3.97. The molecule has 0 amide bonds. The van der Waals surface area contributed by atoms with E-state index in [0.29, 0.717) is 0 Å². The first-order chi connectivity index (χ1) is 10.4. The van der Waals surface area contributed by atoms with E-state index in [2.05, 4.69) is 33.3 Å². The maximum atomic E-state index is 3.45. The number of hydrogen-bond donors (Lipinski definition) is 1. The van der Waals surface area contributed by atoms with Crippen LogP contribution in [0.2, 0.25) is 0 Å². The minimum atomic E-state index is 0.920. The number of hydrogen-bond acceptors (Lipinski definition) is 3. The third kappa shape index (κ3) is 3.01. The first-order valence-electron chi connectivity index (χ1n) is 8.66. The summed E-state index contributed by atoms with van der Waals surface area (Å²) in [6.07, 6.45) is 5.53. The van der Waals surface area contributed by atoms with E-state index >= 15 is 0 Å². The molecule has 3 heteroatoms. The predicted molar refractivity (Wildman–Crippen MR) is 86.3 cm³/mol. The van der Waals surface area contributed by atoms with Crippen molar-refractivity contribution in [3.8, 4) is 0 Å². The standard InChI is InChI=1S/C18H27N3/c1-2-18(3-1)21-10-8-20(9-11-21)14-15-4-5-17-13-19-7-6-16(17)12-15/h4-5,12,18-19H,1-3,6-11,13-14H2. The van der Waals surface area contributed by atoms with E-state index in [1.807, 2.05) is 0 Å². The van der Waals surface area contributed by atoms with Crippen molar-refractivity contribution in [2.75, 3.05) is 32.7 Å². The van der Waals surface area contributed by atoms with Crippen molar-refractivity contribution < 1.29 is 0 Å². The first kappa shape index (κ1) is 13.7. The molecule has 0 aromatic heterocycles. The second-order valence-electron chi connectivity index (χ2n) is 6.93. The highest BCUT2D eigenvalue weighted by Gasteiger charge is 2.27. The normalized spacial score (nSPS) is 24.6. The van der Waals surface area contributed by atoms with Gasteiger partial charge in [0.05, 0.1) is 0 Å². The van der Waals surface area contributed by atoms with Crippen LogP contribution in [0.15, 0.2) is 18.2 Å². The summed E-state index contributed by atoms with van der Waals surface area (Å²) in [5.74, 6) is 0. The number of piperazine rings is 1. The molecule has 1 N–H and O–H groups in total. The Morgan fingerprint density at radius 3 is 2.67 bits per heavy atom. The van der Waals surface area contributed by atoms with Crippen LogP contribution in [0.25, 0.3) is 0 Å². The molecule has 0 spiro atoms. The molecule has 1 aromatic rings. The number of nitrogens with zero attached hydrogens (tertiary/aromatic N) is 2. The fourth-order valence-corrected chi connectivity index (χ4v) is 3.93. The number of fused-ring (bicyclic) bond motifs is 1. The SMILES string of the molecule is c1cc2c(cc1CN1CCN(C3CCC3)CC1)CCNC2. The third-order valence-corrected chi connectivity index (χ3v) is 5.56. The molecule has 1 saturated carbocycles. The van der Waals surface area contributed by atoms with Gasteiger partial charge in [-0.25, -0.2) is 0 Å². The highest BCUT2D eigenvalue weighted by Crippen LogP contribution is 2.26. The first-order valence-corrected chi connectivity index (χ1v) is 8.66. The lowest BCUT2D eigenvalue weighted by Crippen LogP contribution is -2.51. The van der Waals surface area contributed by atoms with Crippen LogP contribution in [-0.4, -0.2) is 48.6 Å². The fourth-order valence-electron chi connectivity index (χ4n) is 3.93. The van der Waals surface area contributed by atoms with Crippen LogP contribution >= 0.6 is 0 Å². The average Bonchev–Trinajstić information content (AvgIpc) is 2.47. The van der Waals surface area contributed by atoms with Crippen LogP contribution in [0.4, 0.5) is 0 Å². The molecule has 0 radical (unpaired) electrons. The lowest BCUT2D eigenvalue weighted by atomic mass is 9.91. The van der Waals surface area contributed by atoms with Crippen LogP contribution in [0.1, 0.15) is 36.0 Å². The highest BCUT2D eigenvalue weighted by molar-refractivity contribution is 5.33. The molecule has 2 fully saturated rings. The molecule has 0 atom stereocenters. The third-order valence-electron chi connectivity index (χ3n) is 5.56. The van der Waals surface area contributed by atoms with Gasteiger partial charge in [0.15, 0.2) is 0 Å². The Balaban J connectivity index is 1.34. The summed E-state index contributed by atoms with van der Waals surface area (Å²) in [6.45, 7) is 8.37. The van der Waals surface area contributed by atoms with Crippen molar-refractivity contribution in [2.45, 2.75) is 44.8 Å². The molecular formula is C18H27N3. The Bertz CT molecular complexity index is 487. The molecule has 3 aliphatic rings. The van der Waals surface area contributed by atoms with E-state index in [4.69, 9.17) is 0 Å². The number of rotatable bonds is 3. The quantitative estimate of drug-likeness (QED) is 0.916. The van der Waals surface area contributed by atoms with Crippen molar-refractivity contribution in [1.29, 1.82) is 0 Å². The summed E-state index contributed by atoms with van der Waals surface area (Å²) in [4.78, 5) is 5.36. The van der Waals surface area contributed by atoms with E-state index in [0.717, 1.165) is 25.7 Å². The zero-order valence-electron chi connectivity index (χ0n) is 13.0. The lowest BCUT2D eigenvalue weighted by Gasteiger charge is -2.43. The van der Waals surface area contributed by atoms with Crippen molar-refractivity contribution in [1.82, 2.24) is 15.1 Å². The molecule has 1 aromatic carbocycles. The van der Waals surface area contributed by atoms with Gasteiger partial charge in [0, 0.05) is 45.3 Å². The Hall–Kier alpha value is -0.900. The van der Waals surface area contributed by atoms with Gasteiger partial charge in [-0.3, -0.25) is 9.80 Å². The summed E-state index contributed by atoms with van der Waals surface area (Å²) in [6, 6.07) is 8.04. The average molecular weight is 285 g/mol. The maximum Gasteiger partial charge on any atom is 0.0234 e. The smallest absolute Gasteiger partial charge is 0.0234 e. The second-order valence-corrected chi connectivity index (χ2v) is 6.93. The van der Waals surface area contributed by atoms with Crippen LogP contribution in [-0.2, 0) is 19.5 Å². The molecule has 1 saturated heterocycles. The summed E-state index contributed by atoms with van der Waals surface area (Å²) in [5.41, 5.74) is 4.58. The molecule has 0 unspecified atom stereocenters. The van der Waals surface area contributed by atoms with Crippen molar-refractivity contribution in [2.24, 2.45) is 0 Å². The van der Waals surface area contributed by atoms with Crippen molar-refractivity contribution in [3.63, 3.8) is 0 Å². The number of benzene rings is 1. The molecule has 2 aliphatic heterocycles. The van der Waals surface area contributed by atoms with Gasteiger partial charge >= 0.3 is 0 Å². The molecule has 2 heterocycles. The van der Waals surface area contributed by atoms with Gasteiger partial charge in [-0.15, -0.1) is 0 Å². The summed E-state index contributed by atoms with van der Waals surface area (Å²) < 4.78 is 0. The second kappa shape index (κ2) is 6.07. The molecule has 1 aliphatic carbocycles. The predicted octanol–water partition coefficient (Wildman–Crippen LogP) is 2.00. The zero-order chi connectivity index (χ0) is 14.1. The van der Waals surface area contributed by atoms with Gasteiger partial charge in [-0.1, -0.05) is 24.6 Å². The van der Waals surface area contributed by atoms with Gasteiger partial charge in [0.2, 0.25) is 0 Å². The highest BCUT2D eigenvalue weighted by atomic mass is 15.3. The van der Waals surface area contributed by atoms with Crippen molar-refractivity contribution in [3.05, 3.63) is 34.9 Å². The molecule has 0 bridgehead atoms. The van der Waals surface area contributed by atoms with E-state index in [-0.39, 0.29) is 0 Å². The minimum absolute atomic E-state index is 0.920. The molecule has 3 nitrogen and oxygen atoms in total. The molecular weight excluding hydrogens is 258 g/mol. The van der Waals surface area contributed by atoms with E-state index in [1.165, 1.54) is 63.0 Å². The van der Waals surface area contributed by atoms with Gasteiger partial charge in [0.1, 0.15) is 0 Å². The largest absolute Gasteiger partial charge is 0.312 e. The van der Waals surface area contributed by atoms with Gasteiger partial charge in [-0.05, 0) is 42.5 Å². The fraction of sp³-hybridized carbons (Fsp3) is 0.667. The van der Waals surface area contributed by atoms with Gasteiger partial charge in [-0.2, -0.15) is 0 Å². The van der Waals surface area contributed by atoms with Crippen LogP contribution < -0.4 is 5.32 Å². The zero-order valence-corrected chi connectivity index (χ0v) is 13.0.